The van der Waals surface area contributed by atoms with E-state index in [0.29, 0.717) is 12.8 Å². The normalized spacial score (nSPS) is 13.8. The first-order valence-electron chi connectivity index (χ1n) is 25.6. The van der Waals surface area contributed by atoms with Gasteiger partial charge in [-0.3, -0.25) is 9.35 Å². The molecule has 4 N–H and O–H groups in total. The Morgan fingerprint density at radius 1 is 0.458 bits per heavy atom. The van der Waals surface area contributed by atoms with Crippen molar-refractivity contribution in [3.8, 4) is 0 Å². The van der Waals surface area contributed by atoms with E-state index >= 15 is 0 Å². The number of carbonyl (C=O) groups excluding carboxylic acids is 1. The number of amides is 1. The molecule has 0 radical (unpaired) electrons. The molecule has 0 rings (SSSR count). The summed E-state index contributed by atoms with van der Waals surface area (Å²) in [7, 11) is -4.45. The monoisotopic (exact) mass is 854 g/mol. The first-order valence-corrected chi connectivity index (χ1v) is 27.3. The topological polar surface area (TPSA) is 124 Å². The van der Waals surface area contributed by atoms with Crippen LogP contribution in [0.25, 0.3) is 0 Å². The predicted molar refractivity (Wildman–Crippen MR) is 255 cm³/mol. The molecule has 3 unspecified atom stereocenters. The fourth-order valence-electron chi connectivity index (χ4n) is 8.06. The van der Waals surface area contributed by atoms with Crippen LogP contribution in [0.1, 0.15) is 271 Å². The highest BCUT2D eigenvalue weighted by Crippen LogP contribution is 2.17. The van der Waals surface area contributed by atoms with Gasteiger partial charge in [-0.25, -0.2) is 0 Å². The van der Waals surface area contributed by atoms with Crippen LogP contribution < -0.4 is 5.32 Å². The van der Waals surface area contributed by atoms with Crippen molar-refractivity contribution in [3.63, 3.8) is 0 Å². The minimum absolute atomic E-state index is 0.279. The molecule has 8 heteroatoms. The minimum atomic E-state index is -4.45. The number of unbranched alkanes of at least 4 members (excludes halogenated alkanes) is 36. The van der Waals surface area contributed by atoms with E-state index in [0.717, 1.165) is 32.1 Å². The van der Waals surface area contributed by atoms with Gasteiger partial charge in [-0.2, -0.15) is 8.42 Å². The Balaban J connectivity index is 3.90. The van der Waals surface area contributed by atoms with Crippen LogP contribution in [-0.4, -0.2) is 53.1 Å². The average molecular weight is 854 g/mol. The number of allylic oxidation sites excluding steroid dienone is 3. The second-order valence-electron chi connectivity index (χ2n) is 17.9. The summed E-state index contributed by atoms with van der Waals surface area (Å²) in [4.78, 5) is 12.7. The lowest BCUT2D eigenvalue weighted by Gasteiger charge is -2.22. The molecule has 7 nitrogen and oxygen atoms in total. The average Bonchev–Trinajstić information content (AvgIpc) is 3.21. The maximum Gasteiger partial charge on any atom is 0.267 e. The molecular formula is C51H99NO6S. The van der Waals surface area contributed by atoms with Crippen LogP contribution >= 0.6 is 0 Å². The largest absolute Gasteiger partial charge is 0.387 e. The second kappa shape index (κ2) is 44.8. The van der Waals surface area contributed by atoms with Crippen molar-refractivity contribution < 1.29 is 28.0 Å². The van der Waals surface area contributed by atoms with Crippen molar-refractivity contribution in [2.75, 3.05) is 5.75 Å². The summed E-state index contributed by atoms with van der Waals surface area (Å²) in [6.45, 7) is 4.55. The molecule has 0 aromatic heterocycles. The zero-order chi connectivity index (χ0) is 43.3. The third-order valence-corrected chi connectivity index (χ3v) is 12.8. The van der Waals surface area contributed by atoms with Gasteiger partial charge in [0.25, 0.3) is 10.1 Å². The molecule has 0 aliphatic carbocycles. The second-order valence-corrected chi connectivity index (χ2v) is 19.4. The van der Waals surface area contributed by atoms with Crippen molar-refractivity contribution in [2.24, 2.45) is 0 Å². The van der Waals surface area contributed by atoms with Gasteiger partial charge in [0, 0.05) is 0 Å². The molecule has 0 fully saturated rings. The van der Waals surface area contributed by atoms with E-state index in [9.17, 15) is 28.0 Å². The van der Waals surface area contributed by atoms with Crippen molar-refractivity contribution in [3.05, 3.63) is 24.3 Å². The molecule has 3 atom stereocenters. The lowest BCUT2D eigenvalue weighted by Crippen LogP contribution is -2.50. The number of aliphatic hydroxyl groups is 2. The van der Waals surface area contributed by atoms with Crippen LogP contribution in [0.3, 0.4) is 0 Å². The summed E-state index contributed by atoms with van der Waals surface area (Å²) >= 11 is 0. The van der Waals surface area contributed by atoms with Crippen molar-refractivity contribution in [1.82, 2.24) is 5.32 Å². The van der Waals surface area contributed by atoms with Gasteiger partial charge < -0.3 is 15.5 Å². The van der Waals surface area contributed by atoms with Gasteiger partial charge in [-0.15, -0.1) is 0 Å². The molecule has 59 heavy (non-hydrogen) atoms. The van der Waals surface area contributed by atoms with Crippen LogP contribution in [0, 0.1) is 0 Å². The quantitative estimate of drug-likeness (QED) is 0.0275. The van der Waals surface area contributed by atoms with Crippen LogP contribution in [0.15, 0.2) is 24.3 Å². The van der Waals surface area contributed by atoms with Crippen molar-refractivity contribution in [1.29, 1.82) is 0 Å². The van der Waals surface area contributed by atoms with E-state index in [2.05, 4.69) is 31.3 Å². The maximum atomic E-state index is 12.7. The van der Waals surface area contributed by atoms with Gasteiger partial charge in [0.1, 0.15) is 6.10 Å². The van der Waals surface area contributed by atoms with E-state index in [1.165, 1.54) is 212 Å². The predicted octanol–water partition coefficient (Wildman–Crippen LogP) is 14.8. The Morgan fingerprint density at radius 3 is 1.12 bits per heavy atom. The van der Waals surface area contributed by atoms with Gasteiger partial charge in [0.15, 0.2) is 0 Å². The molecule has 0 saturated heterocycles. The molecule has 0 aliphatic rings. The summed E-state index contributed by atoms with van der Waals surface area (Å²) in [6, 6.07) is -1.25. The van der Waals surface area contributed by atoms with Gasteiger partial charge in [-0.05, 0) is 32.1 Å². The highest BCUT2D eigenvalue weighted by molar-refractivity contribution is 7.85. The Morgan fingerprint density at radius 2 is 0.763 bits per heavy atom. The number of rotatable bonds is 47. The van der Waals surface area contributed by atoms with Gasteiger partial charge in [0.2, 0.25) is 5.91 Å². The molecule has 0 aromatic carbocycles. The number of hydrogen-bond acceptors (Lipinski definition) is 5. The van der Waals surface area contributed by atoms with Crippen LogP contribution in [0.5, 0.6) is 0 Å². The van der Waals surface area contributed by atoms with Gasteiger partial charge >= 0.3 is 0 Å². The summed E-state index contributed by atoms with van der Waals surface area (Å²) in [6.07, 6.45) is 55.4. The Bertz CT molecular complexity index is 1050. The molecule has 350 valence electrons. The van der Waals surface area contributed by atoms with E-state index in [1.807, 2.05) is 0 Å². The molecule has 0 spiro atoms. The smallest absolute Gasteiger partial charge is 0.267 e. The summed E-state index contributed by atoms with van der Waals surface area (Å²) < 4.78 is 32.7. The number of nitrogens with one attached hydrogen (secondary N) is 1. The zero-order valence-electron chi connectivity index (χ0n) is 39.0. The fourth-order valence-corrected chi connectivity index (χ4v) is 8.80. The fraction of sp³-hybridized carbons (Fsp3) is 0.902. The molecule has 0 saturated carbocycles. The number of aliphatic hydroxyl groups excluding tert-OH is 2. The lowest BCUT2D eigenvalue weighted by atomic mass is 10.0. The lowest BCUT2D eigenvalue weighted by molar-refractivity contribution is -0.130. The number of hydrogen-bond donors (Lipinski definition) is 4. The van der Waals surface area contributed by atoms with Crippen molar-refractivity contribution >= 4 is 16.0 Å². The SMILES string of the molecule is CCCCCCCCCCCCCCCC/C=C/CC/C=C/C(O)C(CS(=O)(=O)O)NC(=O)C(O)CCCCCCCCCCCCCCCCCCCCCCCC. The van der Waals surface area contributed by atoms with Gasteiger partial charge in [0.05, 0.1) is 17.9 Å². The first-order chi connectivity index (χ1) is 28.7. The summed E-state index contributed by atoms with van der Waals surface area (Å²) in [5.41, 5.74) is 0. The molecule has 1 amide bonds. The van der Waals surface area contributed by atoms with E-state index in [1.54, 1.807) is 6.08 Å². The van der Waals surface area contributed by atoms with Crippen LogP contribution in [0.4, 0.5) is 0 Å². The highest BCUT2D eigenvalue weighted by atomic mass is 32.2. The molecule has 0 aromatic rings. The molecule has 0 heterocycles. The summed E-state index contributed by atoms with van der Waals surface area (Å²) in [5.74, 6) is -1.55. The van der Waals surface area contributed by atoms with Gasteiger partial charge in [-0.1, -0.05) is 263 Å². The maximum absolute atomic E-state index is 12.7. The molecule has 0 aliphatic heterocycles. The Hall–Kier alpha value is -1.22. The van der Waals surface area contributed by atoms with E-state index < -0.39 is 40.0 Å². The third-order valence-electron chi connectivity index (χ3n) is 12.0. The highest BCUT2D eigenvalue weighted by Gasteiger charge is 2.27. The Labute approximate surface area is 367 Å². The minimum Gasteiger partial charge on any atom is -0.387 e. The molecular weight excluding hydrogens is 755 g/mol. The molecule has 0 bridgehead atoms. The standard InChI is InChI=1S/C51H99NO6S/c1-3-5-7-9-11-13-15-17-19-21-23-25-26-28-30-32-34-36-38-40-42-44-46-50(54)51(55)52-48(47-59(56,57)58)49(53)45-43-41-39-37-35-33-31-29-27-24-22-20-18-16-14-12-10-8-6-4-2/h35,37,43,45,48-50,53-54H,3-34,36,38-42,44,46-47H2,1-2H3,(H,52,55)(H,56,57,58)/b37-35+,45-43+. The number of carbonyl (C=O) groups is 1. The first kappa shape index (κ1) is 57.8. The van der Waals surface area contributed by atoms with Crippen LogP contribution in [0.2, 0.25) is 0 Å². The third kappa shape index (κ3) is 44.6. The summed E-state index contributed by atoms with van der Waals surface area (Å²) in [5, 5.41) is 23.5. The van der Waals surface area contributed by atoms with E-state index in [4.69, 9.17) is 0 Å². The van der Waals surface area contributed by atoms with Crippen molar-refractivity contribution in [2.45, 2.75) is 289 Å². The van der Waals surface area contributed by atoms with Crippen LogP contribution in [-0.2, 0) is 14.9 Å². The zero-order valence-corrected chi connectivity index (χ0v) is 39.8. The van der Waals surface area contributed by atoms with E-state index in [-0.39, 0.29) is 6.42 Å². The Kier molecular flexibility index (Phi) is 43.9.